The van der Waals surface area contributed by atoms with E-state index in [2.05, 4.69) is 17.1 Å². The highest BCUT2D eigenvalue weighted by Crippen LogP contribution is 2.50. The number of hydrogen-bond donors (Lipinski definition) is 0. The van der Waals surface area contributed by atoms with E-state index in [1.54, 1.807) is 7.11 Å². The standard InChI is InChI=1S/C19H18N2O2/c1-22-17-11-13(7-8-14(17)19(12-20)9-4-10-19)18-21-15-5-2-3-6-16(15)23-18/h2-3,5-8,11,14,17H,4,9-10H2,1H3. The SMILES string of the molecule is COC1C=C(c2nc3ccccc3o2)C=CC1C1(C#N)CCC1. The molecule has 2 aromatic rings. The first-order valence-corrected chi connectivity index (χ1v) is 7.96. The highest BCUT2D eigenvalue weighted by Gasteiger charge is 2.47. The lowest BCUT2D eigenvalue weighted by molar-refractivity contribution is 0.0260. The molecule has 0 N–H and O–H groups in total. The predicted octanol–water partition coefficient (Wildman–Crippen LogP) is 4.11. The van der Waals surface area contributed by atoms with Crippen molar-refractivity contribution < 1.29 is 9.15 Å². The molecule has 1 aromatic heterocycles. The number of methoxy groups -OCH3 is 1. The van der Waals surface area contributed by atoms with Gasteiger partial charge in [-0.3, -0.25) is 0 Å². The van der Waals surface area contributed by atoms with Crippen LogP contribution < -0.4 is 0 Å². The minimum Gasteiger partial charge on any atom is -0.436 e. The fourth-order valence-electron chi connectivity index (χ4n) is 3.58. The van der Waals surface area contributed by atoms with Gasteiger partial charge in [-0.2, -0.15) is 5.26 Å². The number of hydrogen-bond acceptors (Lipinski definition) is 4. The number of rotatable bonds is 3. The molecular weight excluding hydrogens is 288 g/mol. The fourth-order valence-corrected chi connectivity index (χ4v) is 3.58. The molecule has 1 aromatic carbocycles. The summed E-state index contributed by atoms with van der Waals surface area (Å²) < 4.78 is 11.5. The maximum atomic E-state index is 9.59. The lowest BCUT2D eigenvalue weighted by Gasteiger charge is -2.44. The van der Waals surface area contributed by atoms with E-state index in [0.29, 0.717) is 5.89 Å². The lowest BCUT2D eigenvalue weighted by atomic mass is 9.59. The molecule has 1 saturated carbocycles. The maximum Gasteiger partial charge on any atom is 0.227 e. The van der Waals surface area contributed by atoms with Crippen LogP contribution in [0, 0.1) is 22.7 Å². The Morgan fingerprint density at radius 1 is 1.35 bits per heavy atom. The topological polar surface area (TPSA) is 59.1 Å². The molecule has 0 amide bonds. The van der Waals surface area contributed by atoms with E-state index in [4.69, 9.17) is 9.15 Å². The molecule has 23 heavy (non-hydrogen) atoms. The van der Waals surface area contributed by atoms with Crippen LogP contribution in [0.2, 0.25) is 0 Å². The molecule has 2 atom stereocenters. The highest BCUT2D eigenvalue weighted by molar-refractivity contribution is 5.78. The first-order chi connectivity index (χ1) is 11.3. The zero-order chi connectivity index (χ0) is 15.9. The van der Waals surface area contributed by atoms with Gasteiger partial charge >= 0.3 is 0 Å². The number of para-hydroxylation sites is 2. The molecule has 116 valence electrons. The number of allylic oxidation sites excluding steroid dienone is 2. The Balaban J connectivity index is 1.68. The van der Waals surface area contributed by atoms with E-state index in [0.717, 1.165) is 35.9 Å². The van der Waals surface area contributed by atoms with Gasteiger partial charge in [0.25, 0.3) is 0 Å². The molecule has 4 heteroatoms. The summed E-state index contributed by atoms with van der Waals surface area (Å²) >= 11 is 0. The van der Waals surface area contributed by atoms with Crippen molar-refractivity contribution in [2.45, 2.75) is 25.4 Å². The summed E-state index contributed by atoms with van der Waals surface area (Å²) in [4.78, 5) is 4.54. The number of oxazole rings is 1. The van der Waals surface area contributed by atoms with Crippen molar-refractivity contribution in [2.75, 3.05) is 7.11 Å². The quantitative estimate of drug-likeness (QED) is 0.856. The van der Waals surface area contributed by atoms with Gasteiger partial charge in [-0.05, 0) is 31.1 Å². The van der Waals surface area contributed by atoms with Crippen molar-refractivity contribution >= 4 is 16.7 Å². The first kappa shape index (κ1) is 14.2. The molecule has 0 spiro atoms. The molecule has 2 aliphatic rings. The van der Waals surface area contributed by atoms with Gasteiger partial charge in [-0.25, -0.2) is 4.98 Å². The number of aromatic nitrogens is 1. The van der Waals surface area contributed by atoms with Crippen molar-refractivity contribution in [3.63, 3.8) is 0 Å². The molecule has 2 aliphatic carbocycles. The van der Waals surface area contributed by atoms with E-state index in [-0.39, 0.29) is 17.4 Å². The average molecular weight is 306 g/mol. The van der Waals surface area contributed by atoms with Crippen LogP contribution in [-0.2, 0) is 4.74 Å². The largest absolute Gasteiger partial charge is 0.436 e. The van der Waals surface area contributed by atoms with Crippen LogP contribution in [-0.4, -0.2) is 18.2 Å². The third kappa shape index (κ3) is 2.20. The molecule has 0 aliphatic heterocycles. The molecule has 0 bridgehead atoms. The van der Waals surface area contributed by atoms with Gasteiger partial charge in [0, 0.05) is 18.6 Å². The van der Waals surface area contributed by atoms with Gasteiger partial charge in [0.05, 0.1) is 17.6 Å². The number of nitriles is 1. The fraction of sp³-hybridized carbons (Fsp3) is 0.368. The molecule has 1 heterocycles. The van der Waals surface area contributed by atoms with Gasteiger partial charge < -0.3 is 9.15 Å². The Hall–Kier alpha value is -2.38. The minimum absolute atomic E-state index is 0.0966. The molecule has 2 unspecified atom stereocenters. The Morgan fingerprint density at radius 3 is 2.83 bits per heavy atom. The van der Waals surface area contributed by atoms with Crippen LogP contribution in [0.4, 0.5) is 0 Å². The van der Waals surface area contributed by atoms with E-state index < -0.39 is 0 Å². The number of benzene rings is 1. The number of fused-ring (bicyclic) bond motifs is 1. The molecule has 4 rings (SSSR count). The number of ether oxygens (including phenoxy) is 1. The van der Waals surface area contributed by atoms with Gasteiger partial charge in [-0.15, -0.1) is 0 Å². The second kappa shape index (κ2) is 5.36. The summed E-state index contributed by atoms with van der Waals surface area (Å²) in [6.45, 7) is 0. The van der Waals surface area contributed by atoms with Crippen molar-refractivity contribution in [1.82, 2.24) is 4.98 Å². The molecule has 0 radical (unpaired) electrons. The maximum absolute atomic E-state index is 9.59. The van der Waals surface area contributed by atoms with E-state index in [9.17, 15) is 5.26 Å². The van der Waals surface area contributed by atoms with Crippen molar-refractivity contribution in [3.8, 4) is 6.07 Å². The summed E-state index contributed by atoms with van der Waals surface area (Å²) in [7, 11) is 1.70. The Labute approximate surface area is 135 Å². The average Bonchev–Trinajstić information content (AvgIpc) is 2.98. The van der Waals surface area contributed by atoms with Crippen LogP contribution in [0.15, 0.2) is 46.9 Å². The minimum atomic E-state index is -0.277. The van der Waals surface area contributed by atoms with Gasteiger partial charge in [-0.1, -0.05) is 30.7 Å². The molecule has 4 nitrogen and oxygen atoms in total. The normalized spacial score (nSPS) is 25.7. The monoisotopic (exact) mass is 306 g/mol. The number of nitrogens with zero attached hydrogens (tertiary/aromatic N) is 2. The summed E-state index contributed by atoms with van der Waals surface area (Å²) in [5.41, 5.74) is 2.26. The zero-order valence-electron chi connectivity index (χ0n) is 13.0. The lowest BCUT2D eigenvalue weighted by Crippen LogP contribution is -2.42. The molecule has 1 fully saturated rings. The summed E-state index contributed by atoms with van der Waals surface area (Å²) in [5, 5.41) is 9.59. The smallest absolute Gasteiger partial charge is 0.227 e. The second-order valence-corrected chi connectivity index (χ2v) is 6.32. The van der Waals surface area contributed by atoms with Crippen molar-refractivity contribution in [2.24, 2.45) is 11.3 Å². The van der Waals surface area contributed by atoms with Gasteiger partial charge in [0.2, 0.25) is 5.89 Å². The summed E-state index contributed by atoms with van der Waals surface area (Å²) in [5.74, 6) is 0.696. The molecular formula is C19H18N2O2. The summed E-state index contributed by atoms with van der Waals surface area (Å²) in [6.07, 6.45) is 9.05. The van der Waals surface area contributed by atoms with Crippen LogP contribution in [0.1, 0.15) is 25.2 Å². The predicted molar refractivity (Wildman–Crippen MR) is 87.3 cm³/mol. The third-order valence-corrected chi connectivity index (χ3v) is 5.10. The van der Waals surface area contributed by atoms with Crippen molar-refractivity contribution in [3.05, 3.63) is 48.4 Å². The van der Waals surface area contributed by atoms with Gasteiger partial charge in [0.15, 0.2) is 5.58 Å². The van der Waals surface area contributed by atoms with Gasteiger partial charge in [0.1, 0.15) is 5.52 Å². The van der Waals surface area contributed by atoms with Crippen LogP contribution >= 0.6 is 0 Å². The zero-order valence-corrected chi connectivity index (χ0v) is 13.0. The van der Waals surface area contributed by atoms with E-state index in [1.165, 1.54) is 0 Å². The Morgan fingerprint density at radius 2 is 2.17 bits per heavy atom. The Kier molecular flexibility index (Phi) is 3.32. The Bertz CT molecular complexity index is 803. The third-order valence-electron chi connectivity index (χ3n) is 5.10. The molecule has 0 saturated heterocycles. The van der Waals surface area contributed by atoms with Crippen molar-refractivity contribution in [1.29, 1.82) is 5.26 Å². The second-order valence-electron chi connectivity index (χ2n) is 6.32. The van der Waals surface area contributed by atoms with E-state index >= 15 is 0 Å². The summed E-state index contributed by atoms with van der Waals surface area (Å²) in [6, 6.07) is 10.3. The first-order valence-electron chi connectivity index (χ1n) is 7.96. The van der Waals surface area contributed by atoms with E-state index in [1.807, 2.05) is 36.4 Å². The van der Waals surface area contributed by atoms with Crippen LogP contribution in [0.3, 0.4) is 0 Å². The van der Waals surface area contributed by atoms with Crippen LogP contribution in [0.5, 0.6) is 0 Å². The van der Waals surface area contributed by atoms with Crippen LogP contribution in [0.25, 0.3) is 16.7 Å². The highest BCUT2D eigenvalue weighted by atomic mass is 16.5.